The van der Waals surface area contributed by atoms with E-state index in [-0.39, 0.29) is 17.7 Å². The summed E-state index contributed by atoms with van der Waals surface area (Å²) >= 11 is 0. The van der Waals surface area contributed by atoms with Crippen molar-refractivity contribution in [1.82, 2.24) is 14.8 Å². The Morgan fingerprint density at radius 2 is 2.16 bits per heavy atom. The lowest BCUT2D eigenvalue weighted by molar-refractivity contribution is -0.124. The molecule has 0 saturated heterocycles. The maximum atomic E-state index is 12.3. The number of hydrogen-bond acceptors (Lipinski definition) is 3. The van der Waals surface area contributed by atoms with Gasteiger partial charge in [0, 0.05) is 33.4 Å². The van der Waals surface area contributed by atoms with Crippen LogP contribution in [0.25, 0.3) is 0 Å². The molecule has 1 atom stereocenters. The summed E-state index contributed by atoms with van der Waals surface area (Å²) in [5.41, 5.74) is 6.82. The molecule has 0 aliphatic rings. The molecule has 1 aromatic heterocycles. The highest BCUT2D eigenvalue weighted by Crippen LogP contribution is 2.13. The molecular formula is C13H22N4O2. The van der Waals surface area contributed by atoms with E-state index in [9.17, 15) is 9.59 Å². The van der Waals surface area contributed by atoms with Crippen molar-refractivity contribution in [2.24, 2.45) is 5.92 Å². The number of nitrogens with one attached hydrogen (secondary N) is 1. The minimum Gasteiger partial charge on any atom is -0.397 e. The van der Waals surface area contributed by atoms with Crippen LogP contribution in [0.4, 0.5) is 5.69 Å². The standard InChI is InChI=1S/C13H22N4O2/c1-5-17-8-10(14)6-11(17)13(19)16(4)7-9(2)12(18)15-3/h6,8-9H,5,7,14H2,1-4H3,(H,15,18). The molecule has 0 aliphatic carbocycles. The maximum absolute atomic E-state index is 12.3. The molecule has 0 aromatic carbocycles. The number of anilines is 1. The lowest BCUT2D eigenvalue weighted by Crippen LogP contribution is -2.38. The van der Waals surface area contributed by atoms with Gasteiger partial charge in [-0.2, -0.15) is 0 Å². The Morgan fingerprint density at radius 1 is 1.53 bits per heavy atom. The van der Waals surface area contributed by atoms with Gasteiger partial charge in [-0.15, -0.1) is 0 Å². The molecule has 6 nitrogen and oxygen atoms in total. The highest BCUT2D eigenvalue weighted by atomic mass is 16.2. The van der Waals surface area contributed by atoms with Gasteiger partial charge in [-0.1, -0.05) is 6.92 Å². The number of aromatic nitrogens is 1. The fourth-order valence-electron chi connectivity index (χ4n) is 1.99. The van der Waals surface area contributed by atoms with E-state index in [0.29, 0.717) is 24.5 Å². The minimum atomic E-state index is -0.249. The van der Waals surface area contributed by atoms with Crippen LogP contribution in [0.2, 0.25) is 0 Å². The molecule has 1 unspecified atom stereocenters. The lowest BCUT2D eigenvalue weighted by atomic mass is 10.1. The number of nitrogen functional groups attached to an aromatic ring is 1. The summed E-state index contributed by atoms with van der Waals surface area (Å²) in [5, 5.41) is 2.57. The van der Waals surface area contributed by atoms with Crippen LogP contribution >= 0.6 is 0 Å². The topological polar surface area (TPSA) is 80.4 Å². The summed E-state index contributed by atoms with van der Waals surface area (Å²) in [4.78, 5) is 25.3. The smallest absolute Gasteiger partial charge is 0.270 e. The highest BCUT2D eigenvalue weighted by Gasteiger charge is 2.20. The predicted molar refractivity (Wildman–Crippen MR) is 74.7 cm³/mol. The monoisotopic (exact) mass is 266 g/mol. The second kappa shape index (κ2) is 6.26. The Hall–Kier alpha value is -1.98. The second-order valence-electron chi connectivity index (χ2n) is 4.65. The van der Waals surface area contributed by atoms with Crippen molar-refractivity contribution >= 4 is 17.5 Å². The molecule has 1 heterocycles. The summed E-state index contributed by atoms with van der Waals surface area (Å²) < 4.78 is 1.80. The zero-order valence-electron chi connectivity index (χ0n) is 11.9. The molecule has 0 bridgehead atoms. The fraction of sp³-hybridized carbons (Fsp3) is 0.538. The van der Waals surface area contributed by atoms with Crippen LogP contribution in [-0.2, 0) is 11.3 Å². The van der Waals surface area contributed by atoms with Crippen molar-refractivity contribution in [1.29, 1.82) is 0 Å². The first-order valence-electron chi connectivity index (χ1n) is 6.33. The quantitative estimate of drug-likeness (QED) is 0.816. The van der Waals surface area contributed by atoms with Gasteiger partial charge in [-0.25, -0.2) is 0 Å². The van der Waals surface area contributed by atoms with Gasteiger partial charge in [-0.3, -0.25) is 9.59 Å². The molecular weight excluding hydrogens is 244 g/mol. The maximum Gasteiger partial charge on any atom is 0.270 e. The van der Waals surface area contributed by atoms with Gasteiger partial charge in [0.1, 0.15) is 5.69 Å². The summed E-state index contributed by atoms with van der Waals surface area (Å²) in [6, 6.07) is 1.66. The van der Waals surface area contributed by atoms with E-state index in [1.807, 2.05) is 6.92 Å². The third-order valence-corrected chi connectivity index (χ3v) is 3.07. The average molecular weight is 266 g/mol. The third kappa shape index (κ3) is 3.49. The molecule has 1 aromatic rings. The van der Waals surface area contributed by atoms with Crippen LogP contribution < -0.4 is 11.1 Å². The van der Waals surface area contributed by atoms with Gasteiger partial charge in [0.15, 0.2) is 0 Å². The van der Waals surface area contributed by atoms with Crippen LogP contribution in [0.5, 0.6) is 0 Å². The first-order valence-corrected chi connectivity index (χ1v) is 6.33. The van der Waals surface area contributed by atoms with E-state index in [2.05, 4.69) is 5.32 Å². The Bertz CT molecular complexity index is 467. The zero-order chi connectivity index (χ0) is 14.6. The zero-order valence-corrected chi connectivity index (χ0v) is 11.9. The van der Waals surface area contributed by atoms with Crippen molar-refractivity contribution < 1.29 is 9.59 Å². The minimum absolute atomic E-state index is 0.0787. The van der Waals surface area contributed by atoms with Crippen LogP contribution in [0.3, 0.4) is 0 Å². The number of carbonyl (C=O) groups excluding carboxylic acids is 2. The van der Waals surface area contributed by atoms with Gasteiger partial charge in [0.2, 0.25) is 5.91 Å². The summed E-state index contributed by atoms with van der Waals surface area (Å²) in [5.74, 6) is -0.458. The van der Waals surface area contributed by atoms with Crippen LogP contribution in [0, 0.1) is 5.92 Å². The molecule has 0 radical (unpaired) electrons. The highest BCUT2D eigenvalue weighted by molar-refractivity contribution is 5.94. The molecule has 0 fully saturated rings. The molecule has 6 heteroatoms. The summed E-state index contributed by atoms with van der Waals surface area (Å²) in [7, 11) is 3.27. The molecule has 19 heavy (non-hydrogen) atoms. The summed E-state index contributed by atoms with van der Waals surface area (Å²) in [6.45, 7) is 4.78. The molecule has 106 valence electrons. The summed E-state index contributed by atoms with van der Waals surface area (Å²) in [6.07, 6.45) is 1.74. The van der Waals surface area contributed by atoms with E-state index in [4.69, 9.17) is 5.73 Å². The molecule has 0 spiro atoms. The molecule has 0 saturated carbocycles. The van der Waals surface area contributed by atoms with Crippen molar-refractivity contribution in [2.45, 2.75) is 20.4 Å². The number of carbonyl (C=O) groups is 2. The Balaban J connectivity index is 2.79. The normalized spacial score (nSPS) is 12.0. The Kier molecular flexibility index (Phi) is 4.97. The fourth-order valence-corrected chi connectivity index (χ4v) is 1.99. The molecule has 2 amide bonds. The van der Waals surface area contributed by atoms with Gasteiger partial charge in [-0.05, 0) is 13.0 Å². The SMILES string of the molecule is CCn1cc(N)cc1C(=O)N(C)CC(C)C(=O)NC. The number of nitrogens with zero attached hydrogens (tertiary/aromatic N) is 2. The van der Waals surface area contributed by atoms with Gasteiger partial charge in [0.05, 0.1) is 11.6 Å². The predicted octanol–water partition coefficient (Wildman–Crippen LogP) is 0.544. The van der Waals surface area contributed by atoms with Gasteiger partial charge < -0.3 is 20.5 Å². The first-order chi connectivity index (χ1) is 8.90. The molecule has 3 N–H and O–H groups in total. The van der Waals surface area contributed by atoms with Crippen LogP contribution in [-0.4, -0.2) is 41.9 Å². The van der Waals surface area contributed by atoms with Crippen molar-refractivity contribution in [3.05, 3.63) is 18.0 Å². The number of hydrogen-bond donors (Lipinski definition) is 2. The van der Waals surface area contributed by atoms with E-state index in [1.54, 1.807) is 42.7 Å². The Labute approximate surface area is 113 Å². The Morgan fingerprint density at radius 3 is 2.68 bits per heavy atom. The number of nitrogens with two attached hydrogens (primary N) is 1. The second-order valence-corrected chi connectivity index (χ2v) is 4.65. The van der Waals surface area contributed by atoms with Gasteiger partial charge in [0.25, 0.3) is 5.91 Å². The largest absolute Gasteiger partial charge is 0.397 e. The number of amides is 2. The lowest BCUT2D eigenvalue weighted by Gasteiger charge is -2.21. The van der Waals surface area contributed by atoms with Crippen LogP contribution in [0.15, 0.2) is 12.3 Å². The van der Waals surface area contributed by atoms with E-state index in [1.165, 1.54) is 0 Å². The van der Waals surface area contributed by atoms with Crippen molar-refractivity contribution in [2.75, 3.05) is 26.4 Å². The van der Waals surface area contributed by atoms with Crippen molar-refractivity contribution in [3.63, 3.8) is 0 Å². The van der Waals surface area contributed by atoms with Crippen LogP contribution in [0.1, 0.15) is 24.3 Å². The first kappa shape index (κ1) is 15.1. The molecule has 1 rings (SSSR count). The molecule has 0 aliphatic heterocycles. The number of aryl methyl sites for hydroxylation is 1. The van der Waals surface area contributed by atoms with E-state index in [0.717, 1.165) is 0 Å². The van der Waals surface area contributed by atoms with Gasteiger partial charge >= 0.3 is 0 Å². The average Bonchev–Trinajstić information content (AvgIpc) is 2.77. The van der Waals surface area contributed by atoms with Crippen molar-refractivity contribution in [3.8, 4) is 0 Å². The number of rotatable bonds is 5. The van der Waals surface area contributed by atoms with E-state index < -0.39 is 0 Å². The van der Waals surface area contributed by atoms with E-state index >= 15 is 0 Å². The third-order valence-electron chi connectivity index (χ3n) is 3.07.